The Hall–Kier alpha value is -2.43. The SMILES string of the molecule is Nc1ncnn2c([C@@H]3CCN(C(=O)OCc4ccccc4)C3)nc(I)c12. The van der Waals surface area contributed by atoms with Crippen LogP contribution < -0.4 is 5.73 Å². The molecular formula is C17H17IN6O2. The van der Waals surface area contributed by atoms with E-state index in [4.69, 9.17) is 10.5 Å². The number of likely N-dealkylation sites (tertiary alicyclic amines) is 1. The van der Waals surface area contributed by atoms with E-state index in [0.717, 1.165) is 21.5 Å². The maximum atomic E-state index is 12.3. The highest BCUT2D eigenvalue weighted by atomic mass is 127. The van der Waals surface area contributed by atoms with Crippen LogP contribution in [0.5, 0.6) is 0 Å². The zero-order chi connectivity index (χ0) is 18.1. The van der Waals surface area contributed by atoms with Crippen LogP contribution in [0.1, 0.15) is 23.7 Å². The average molecular weight is 464 g/mol. The Bertz CT molecular complexity index is 945. The van der Waals surface area contributed by atoms with Crippen molar-refractivity contribution in [3.05, 3.63) is 51.7 Å². The monoisotopic (exact) mass is 464 g/mol. The number of hydrogen-bond acceptors (Lipinski definition) is 6. The Morgan fingerprint density at radius 1 is 1.35 bits per heavy atom. The number of halogens is 1. The Morgan fingerprint density at radius 2 is 2.15 bits per heavy atom. The molecule has 1 atom stereocenters. The fraction of sp³-hybridized carbons (Fsp3) is 0.294. The van der Waals surface area contributed by atoms with Gasteiger partial charge in [0.15, 0.2) is 5.82 Å². The first-order valence-electron chi connectivity index (χ1n) is 8.23. The molecule has 3 aromatic rings. The number of fused-ring (bicyclic) bond motifs is 1. The minimum Gasteiger partial charge on any atom is -0.445 e. The second-order valence-electron chi connectivity index (χ2n) is 6.14. The summed E-state index contributed by atoms with van der Waals surface area (Å²) < 4.78 is 7.92. The number of benzene rings is 1. The van der Waals surface area contributed by atoms with E-state index in [1.54, 1.807) is 9.42 Å². The van der Waals surface area contributed by atoms with Crippen LogP contribution in [0.4, 0.5) is 10.6 Å². The Kier molecular flexibility index (Phi) is 4.62. The van der Waals surface area contributed by atoms with Crippen molar-refractivity contribution >= 4 is 40.0 Å². The van der Waals surface area contributed by atoms with Gasteiger partial charge >= 0.3 is 6.09 Å². The molecule has 9 heteroatoms. The number of aromatic nitrogens is 4. The molecule has 1 saturated heterocycles. The lowest BCUT2D eigenvalue weighted by atomic mass is 10.1. The number of imidazole rings is 1. The molecule has 0 spiro atoms. The summed E-state index contributed by atoms with van der Waals surface area (Å²) in [6.07, 6.45) is 1.92. The average Bonchev–Trinajstić information content (AvgIpc) is 3.26. The van der Waals surface area contributed by atoms with Crippen LogP contribution >= 0.6 is 22.6 Å². The van der Waals surface area contributed by atoms with Crippen LogP contribution in [0.3, 0.4) is 0 Å². The van der Waals surface area contributed by atoms with E-state index in [-0.39, 0.29) is 18.6 Å². The van der Waals surface area contributed by atoms with Gasteiger partial charge in [0.05, 0.1) is 0 Å². The van der Waals surface area contributed by atoms with Crippen molar-refractivity contribution in [1.82, 2.24) is 24.5 Å². The standard InChI is InChI=1S/C17H17IN6O2/c18-14-13-15(19)20-10-21-24(13)16(22-14)12-6-7-23(8-12)17(25)26-9-11-4-2-1-3-5-11/h1-5,10,12H,6-9H2,(H2,19,20,21)/t12-/m1/s1. The highest BCUT2D eigenvalue weighted by Gasteiger charge is 2.32. The number of nitrogen functional groups attached to an aromatic ring is 1. The van der Waals surface area contributed by atoms with Crippen molar-refractivity contribution < 1.29 is 9.53 Å². The topological polar surface area (TPSA) is 98.6 Å². The Balaban J connectivity index is 1.45. The van der Waals surface area contributed by atoms with E-state index >= 15 is 0 Å². The lowest BCUT2D eigenvalue weighted by Gasteiger charge is -2.16. The number of rotatable bonds is 3. The van der Waals surface area contributed by atoms with E-state index in [9.17, 15) is 4.79 Å². The molecule has 3 heterocycles. The lowest BCUT2D eigenvalue weighted by molar-refractivity contribution is 0.104. The predicted octanol–water partition coefficient (Wildman–Crippen LogP) is 2.44. The van der Waals surface area contributed by atoms with E-state index in [2.05, 4.69) is 37.7 Å². The van der Waals surface area contributed by atoms with E-state index in [1.165, 1.54) is 6.33 Å². The lowest BCUT2D eigenvalue weighted by Crippen LogP contribution is -2.29. The molecule has 0 aliphatic carbocycles. The maximum absolute atomic E-state index is 12.3. The molecule has 0 unspecified atom stereocenters. The second-order valence-corrected chi connectivity index (χ2v) is 7.16. The number of anilines is 1. The minimum absolute atomic E-state index is 0.0876. The molecule has 2 N–H and O–H groups in total. The quantitative estimate of drug-likeness (QED) is 0.598. The molecule has 1 amide bonds. The molecule has 0 saturated carbocycles. The number of hydrogen-bond donors (Lipinski definition) is 1. The number of nitrogens with two attached hydrogens (primary N) is 1. The van der Waals surface area contributed by atoms with Crippen molar-refractivity contribution in [2.45, 2.75) is 18.9 Å². The first kappa shape index (κ1) is 17.0. The second kappa shape index (κ2) is 7.06. The highest BCUT2D eigenvalue weighted by molar-refractivity contribution is 14.1. The summed E-state index contributed by atoms with van der Waals surface area (Å²) in [6, 6.07) is 9.65. The molecule has 1 aliphatic rings. The Morgan fingerprint density at radius 3 is 2.96 bits per heavy atom. The van der Waals surface area contributed by atoms with Crippen LogP contribution in [0.15, 0.2) is 36.7 Å². The molecule has 0 radical (unpaired) electrons. The molecule has 8 nitrogen and oxygen atoms in total. The van der Waals surface area contributed by atoms with E-state index < -0.39 is 0 Å². The minimum atomic E-state index is -0.305. The first-order chi connectivity index (χ1) is 12.6. The predicted molar refractivity (Wildman–Crippen MR) is 103 cm³/mol. The van der Waals surface area contributed by atoms with Crippen molar-refractivity contribution in [2.75, 3.05) is 18.8 Å². The van der Waals surface area contributed by atoms with Crippen LogP contribution in [0.25, 0.3) is 5.52 Å². The van der Waals surface area contributed by atoms with Gasteiger partial charge in [-0.2, -0.15) is 5.10 Å². The summed E-state index contributed by atoms with van der Waals surface area (Å²) in [5, 5.41) is 4.28. The van der Waals surface area contributed by atoms with Crippen LogP contribution in [-0.2, 0) is 11.3 Å². The number of amides is 1. The van der Waals surface area contributed by atoms with E-state index in [1.807, 2.05) is 30.3 Å². The third kappa shape index (κ3) is 3.18. The van der Waals surface area contributed by atoms with Crippen molar-refractivity contribution in [2.24, 2.45) is 0 Å². The highest BCUT2D eigenvalue weighted by Crippen LogP contribution is 2.29. The van der Waals surface area contributed by atoms with Crippen molar-refractivity contribution in [3.63, 3.8) is 0 Å². The van der Waals surface area contributed by atoms with Gasteiger partial charge in [0.1, 0.15) is 28.0 Å². The largest absolute Gasteiger partial charge is 0.445 e. The molecule has 26 heavy (non-hydrogen) atoms. The molecule has 134 valence electrons. The van der Waals surface area contributed by atoms with Crippen molar-refractivity contribution in [3.8, 4) is 0 Å². The molecule has 1 aliphatic heterocycles. The molecule has 1 fully saturated rings. The van der Waals surface area contributed by atoms with Crippen LogP contribution in [-0.4, -0.2) is 43.7 Å². The molecule has 4 rings (SSSR count). The first-order valence-corrected chi connectivity index (χ1v) is 9.31. The zero-order valence-electron chi connectivity index (χ0n) is 13.9. The summed E-state index contributed by atoms with van der Waals surface area (Å²) >= 11 is 2.13. The number of ether oxygens (including phenoxy) is 1. The molecule has 2 aromatic heterocycles. The summed E-state index contributed by atoms with van der Waals surface area (Å²) in [7, 11) is 0. The van der Waals surface area contributed by atoms with Gasteiger partial charge in [0.2, 0.25) is 0 Å². The smallest absolute Gasteiger partial charge is 0.410 e. The fourth-order valence-corrected chi connectivity index (χ4v) is 3.90. The van der Waals surface area contributed by atoms with Gasteiger partial charge in [-0.15, -0.1) is 0 Å². The van der Waals surface area contributed by atoms with Gasteiger partial charge in [-0.3, -0.25) is 0 Å². The summed E-state index contributed by atoms with van der Waals surface area (Å²) in [6.45, 7) is 1.45. The van der Waals surface area contributed by atoms with Gasteiger partial charge in [0.25, 0.3) is 0 Å². The molecular weight excluding hydrogens is 447 g/mol. The van der Waals surface area contributed by atoms with E-state index in [0.29, 0.717) is 24.4 Å². The maximum Gasteiger partial charge on any atom is 0.410 e. The van der Waals surface area contributed by atoms with Gasteiger partial charge < -0.3 is 15.4 Å². The van der Waals surface area contributed by atoms with Gasteiger partial charge in [-0.1, -0.05) is 30.3 Å². The van der Waals surface area contributed by atoms with Crippen LogP contribution in [0, 0.1) is 3.70 Å². The summed E-state index contributed by atoms with van der Waals surface area (Å²) in [5.41, 5.74) is 7.62. The van der Waals surface area contributed by atoms with Crippen molar-refractivity contribution in [1.29, 1.82) is 0 Å². The Labute approximate surface area is 163 Å². The third-order valence-corrected chi connectivity index (χ3v) is 5.21. The number of carbonyl (C=O) groups is 1. The van der Waals surface area contributed by atoms with Crippen LogP contribution in [0.2, 0.25) is 0 Å². The third-order valence-electron chi connectivity index (χ3n) is 4.46. The zero-order valence-corrected chi connectivity index (χ0v) is 16.0. The van der Waals surface area contributed by atoms with Gasteiger partial charge in [-0.25, -0.2) is 19.3 Å². The fourth-order valence-electron chi connectivity index (χ4n) is 3.15. The number of carbonyl (C=O) groups excluding carboxylic acids is 1. The normalized spacial score (nSPS) is 17.0. The molecule has 0 bridgehead atoms. The molecule has 1 aromatic carbocycles. The van der Waals surface area contributed by atoms with Gasteiger partial charge in [-0.05, 0) is 34.6 Å². The van der Waals surface area contributed by atoms with Gasteiger partial charge in [0, 0.05) is 19.0 Å². The summed E-state index contributed by atoms with van der Waals surface area (Å²) in [5.74, 6) is 1.29. The summed E-state index contributed by atoms with van der Waals surface area (Å²) in [4.78, 5) is 22.7. The number of nitrogens with zero attached hydrogens (tertiary/aromatic N) is 5.